The fraction of sp³-hybridized carbons (Fsp3) is 0.500. The second kappa shape index (κ2) is 7.87. The van der Waals surface area contributed by atoms with Gasteiger partial charge >= 0.3 is 5.97 Å². The molecular formula is C16H22N4O6-2. The summed E-state index contributed by atoms with van der Waals surface area (Å²) in [4.78, 5) is 12.3. The van der Waals surface area contributed by atoms with E-state index >= 15 is 0 Å². The van der Waals surface area contributed by atoms with Crippen LogP contribution in [0.1, 0.15) is 40.0 Å². The lowest BCUT2D eigenvalue weighted by Crippen LogP contribution is -2.30. The van der Waals surface area contributed by atoms with Crippen molar-refractivity contribution in [2.24, 2.45) is 11.0 Å². The van der Waals surface area contributed by atoms with E-state index in [1.165, 1.54) is 12.1 Å². The molecule has 0 radical (unpaired) electrons. The fourth-order valence-corrected chi connectivity index (χ4v) is 2.61. The van der Waals surface area contributed by atoms with Crippen LogP contribution >= 0.6 is 0 Å². The van der Waals surface area contributed by atoms with Gasteiger partial charge in [-0.3, -0.25) is 20.6 Å². The number of rotatable bonds is 5. The monoisotopic (exact) mass is 366 g/mol. The average molecular weight is 366 g/mol. The zero-order chi connectivity index (χ0) is 19.5. The first kappa shape index (κ1) is 19.9. The number of carbonyl (C=O) groups is 1. The molecule has 3 N–H and O–H groups in total. The zero-order valence-corrected chi connectivity index (χ0v) is 14.8. The molecule has 0 amide bonds. The Morgan fingerprint density at radius 3 is 2.62 bits per heavy atom. The van der Waals surface area contributed by atoms with E-state index in [-0.39, 0.29) is 28.3 Å². The van der Waals surface area contributed by atoms with Crippen LogP contribution in [0.4, 0.5) is 17.1 Å². The molecule has 0 spiro atoms. The van der Waals surface area contributed by atoms with Gasteiger partial charge in [0.15, 0.2) is 0 Å². The summed E-state index contributed by atoms with van der Waals surface area (Å²) >= 11 is 0. The van der Waals surface area contributed by atoms with Crippen molar-refractivity contribution in [3.8, 4) is 0 Å². The maximum atomic E-state index is 12.3. The van der Waals surface area contributed by atoms with Crippen molar-refractivity contribution in [3.05, 3.63) is 28.6 Å². The van der Waals surface area contributed by atoms with Crippen molar-refractivity contribution in [3.63, 3.8) is 0 Å². The van der Waals surface area contributed by atoms with Crippen molar-refractivity contribution >= 4 is 28.7 Å². The van der Waals surface area contributed by atoms with Gasteiger partial charge in [-0.05, 0) is 58.2 Å². The van der Waals surface area contributed by atoms with Gasteiger partial charge in [0.05, 0.1) is 17.3 Å². The highest BCUT2D eigenvalue weighted by Crippen LogP contribution is 2.31. The Hall–Kier alpha value is -2.40. The van der Waals surface area contributed by atoms with E-state index in [1.54, 1.807) is 20.8 Å². The van der Waals surface area contributed by atoms with Gasteiger partial charge in [0.1, 0.15) is 11.3 Å². The molecule has 1 unspecified atom stereocenters. The van der Waals surface area contributed by atoms with E-state index in [9.17, 15) is 25.6 Å². The van der Waals surface area contributed by atoms with Crippen molar-refractivity contribution in [1.82, 2.24) is 0 Å². The number of esters is 1. The molecule has 10 heteroatoms. The molecule has 1 aromatic rings. The van der Waals surface area contributed by atoms with Gasteiger partial charge in [0.2, 0.25) is 0 Å². The van der Waals surface area contributed by atoms with Gasteiger partial charge in [0.25, 0.3) is 0 Å². The molecule has 1 atom stereocenters. The lowest BCUT2D eigenvalue weighted by Gasteiger charge is -2.37. The van der Waals surface area contributed by atoms with Gasteiger partial charge in [-0.25, -0.2) is 0 Å². The standard InChI is InChI=1S/C16H22N4O6/c1-16(2,3)26-15(21)11-5-4-6-12(11)17-18-13-8-7-10(19(22)23)9-14(13)20(24)25/h7-9,11,18,24-25H,4-6H2,1-3H3/q-2/b17-12-. The molecule has 1 aliphatic rings. The topological polar surface area (TPSA) is 144 Å². The summed E-state index contributed by atoms with van der Waals surface area (Å²) in [5, 5.41) is 43.5. The normalized spacial score (nSPS) is 18.7. The molecule has 1 fully saturated rings. The Morgan fingerprint density at radius 1 is 1.35 bits per heavy atom. The van der Waals surface area contributed by atoms with Crippen LogP contribution in [-0.4, -0.2) is 27.7 Å². The van der Waals surface area contributed by atoms with Crippen LogP contribution in [0.5, 0.6) is 0 Å². The number of benzene rings is 1. The molecular weight excluding hydrogens is 344 g/mol. The maximum absolute atomic E-state index is 12.3. The summed E-state index contributed by atoms with van der Waals surface area (Å²) in [5.41, 5.74) is 2.23. The van der Waals surface area contributed by atoms with Crippen LogP contribution in [0.2, 0.25) is 0 Å². The molecule has 144 valence electrons. The summed E-state index contributed by atoms with van der Waals surface area (Å²) in [7, 11) is 0. The first-order valence-corrected chi connectivity index (χ1v) is 8.10. The Bertz CT molecular complexity index is 684. The molecule has 2 rings (SSSR count). The largest absolute Gasteiger partial charge is 0.769 e. The van der Waals surface area contributed by atoms with Gasteiger partial charge in [-0.2, -0.15) is 5.10 Å². The Balaban J connectivity index is 2.19. The second-order valence-electron chi connectivity index (χ2n) is 6.94. The minimum absolute atomic E-state index is 0.142. The number of carbonyl (C=O) groups excluding carboxylic acids is 1. The highest BCUT2D eigenvalue weighted by molar-refractivity contribution is 6.04. The minimum Gasteiger partial charge on any atom is -0.769 e. The Morgan fingerprint density at radius 2 is 2.04 bits per heavy atom. The van der Waals surface area contributed by atoms with Crippen LogP contribution in [0.25, 0.3) is 0 Å². The number of anilines is 3. The van der Waals surface area contributed by atoms with Crippen molar-refractivity contribution in [2.75, 3.05) is 15.9 Å². The van der Waals surface area contributed by atoms with Gasteiger partial charge in [0, 0.05) is 5.69 Å². The average Bonchev–Trinajstić information content (AvgIpc) is 2.99. The SMILES string of the molecule is CC(C)(C)OC(=O)C1CCC/C1=N/Nc1ccc(N([O-])[O-])cc1N(O)O. The lowest BCUT2D eigenvalue weighted by molar-refractivity contribution is -0.157. The number of hydrazone groups is 1. The number of nitrogens with zero attached hydrogens (tertiary/aromatic N) is 3. The summed E-state index contributed by atoms with van der Waals surface area (Å²) in [5.74, 6) is -0.826. The number of ether oxygens (including phenoxy) is 1. The van der Waals surface area contributed by atoms with Crippen LogP contribution in [-0.2, 0) is 9.53 Å². The third kappa shape index (κ3) is 5.05. The molecule has 0 bridgehead atoms. The fourth-order valence-electron chi connectivity index (χ4n) is 2.61. The van der Waals surface area contributed by atoms with Crippen molar-refractivity contribution in [1.29, 1.82) is 0 Å². The minimum atomic E-state index is -0.655. The lowest BCUT2D eigenvalue weighted by atomic mass is 10.1. The predicted molar refractivity (Wildman–Crippen MR) is 96.0 cm³/mol. The summed E-state index contributed by atoms with van der Waals surface area (Å²) < 4.78 is 5.40. The highest BCUT2D eigenvalue weighted by atomic mass is 16.8. The van der Waals surface area contributed by atoms with Crippen LogP contribution in [0.3, 0.4) is 0 Å². The second-order valence-corrected chi connectivity index (χ2v) is 6.94. The third-order valence-corrected chi connectivity index (χ3v) is 3.75. The van der Waals surface area contributed by atoms with Gasteiger partial charge in [-0.15, -0.1) is 5.23 Å². The molecule has 26 heavy (non-hydrogen) atoms. The van der Waals surface area contributed by atoms with E-state index < -0.39 is 16.7 Å². The summed E-state index contributed by atoms with van der Waals surface area (Å²) in [6.07, 6.45) is 2.00. The van der Waals surface area contributed by atoms with Crippen LogP contribution < -0.4 is 15.9 Å². The Kier molecular flexibility index (Phi) is 6.03. The van der Waals surface area contributed by atoms with E-state index in [0.717, 1.165) is 12.5 Å². The third-order valence-electron chi connectivity index (χ3n) is 3.75. The van der Waals surface area contributed by atoms with Crippen molar-refractivity contribution in [2.45, 2.75) is 45.6 Å². The number of hydrogen-bond donors (Lipinski definition) is 3. The van der Waals surface area contributed by atoms with E-state index in [2.05, 4.69) is 10.5 Å². The van der Waals surface area contributed by atoms with Crippen LogP contribution in [0.15, 0.2) is 23.3 Å². The predicted octanol–water partition coefficient (Wildman–Crippen LogP) is 2.98. The first-order chi connectivity index (χ1) is 12.1. The summed E-state index contributed by atoms with van der Waals surface area (Å²) in [6, 6.07) is 3.49. The molecule has 0 saturated heterocycles. The maximum Gasteiger partial charge on any atom is 0.315 e. The molecule has 1 saturated carbocycles. The Labute approximate surface area is 150 Å². The highest BCUT2D eigenvalue weighted by Gasteiger charge is 2.33. The van der Waals surface area contributed by atoms with Crippen LogP contribution in [0, 0.1) is 16.3 Å². The van der Waals surface area contributed by atoms with Gasteiger partial charge < -0.3 is 20.4 Å². The number of nitrogens with one attached hydrogen (secondary N) is 1. The van der Waals surface area contributed by atoms with Crippen molar-refractivity contribution < 1.29 is 19.9 Å². The smallest absolute Gasteiger partial charge is 0.315 e. The van der Waals surface area contributed by atoms with E-state index in [4.69, 9.17) is 4.74 Å². The molecule has 10 nitrogen and oxygen atoms in total. The molecule has 0 heterocycles. The molecule has 1 aliphatic carbocycles. The van der Waals surface area contributed by atoms with E-state index in [0.29, 0.717) is 18.6 Å². The molecule has 0 aromatic heterocycles. The summed E-state index contributed by atoms with van der Waals surface area (Å²) in [6.45, 7) is 5.36. The number of hydrogen-bond acceptors (Lipinski definition) is 10. The quantitative estimate of drug-likeness (QED) is 0.529. The zero-order valence-electron chi connectivity index (χ0n) is 14.8. The first-order valence-electron chi connectivity index (χ1n) is 8.10. The molecule has 0 aliphatic heterocycles. The van der Waals surface area contributed by atoms with Gasteiger partial charge in [-0.1, -0.05) is 0 Å². The molecule has 1 aromatic carbocycles. The van der Waals surface area contributed by atoms with E-state index in [1.807, 2.05) is 0 Å².